The molecular formula is C9H17NO2. The number of rotatable bonds is 5. The highest BCUT2D eigenvalue weighted by Gasteiger charge is 1.94. The van der Waals surface area contributed by atoms with Gasteiger partial charge in [0.1, 0.15) is 0 Å². The van der Waals surface area contributed by atoms with E-state index in [1.165, 1.54) is 6.08 Å². The van der Waals surface area contributed by atoms with Crippen LogP contribution < -0.4 is 5.32 Å². The van der Waals surface area contributed by atoms with Crippen LogP contribution >= 0.6 is 0 Å². The number of nitrogens with one attached hydrogen (secondary N) is 1. The van der Waals surface area contributed by atoms with Crippen LogP contribution in [-0.4, -0.2) is 18.6 Å². The molecule has 0 aliphatic rings. The van der Waals surface area contributed by atoms with Crippen LogP contribution in [0.15, 0.2) is 12.3 Å². The van der Waals surface area contributed by atoms with Gasteiger partial charge < -0.3 is 10.1 Å². The Morgan fingerprint density at radius 1 is 1.58 bits per heavy atom. The summed E-state index contributed by atoms with van der Waals surface area (Å²) in [6.45, 7) is 6.34. The monoisotopic (exact) mass is 171 g/mol. The van der Waals surface area contributed by atoms with E-state index in [0.29, 0.717) is 12.6 Å². The predicted octanol–water partition coefficient (Wildman–Crippen LogP) is 1.45. The Labute approximate surface area is 73.8 Å². The van der Waals surface area contributed by atoms with Gasteiger partial charge >= 0.3 is 5.97 Å². The summed E-state index contributed by atoms with van der Waals surface area (Å²) >= 11 is 0. The molecule has 0 aliphatic heterocycles. The average Bonchev–Trinajstić information content (AvgIpc) is 2.04. The van der Waals surface area contributed by atoms with Crippen LogP contribution in [0.5, 0.6) is 0 Å². The Balaban J connectivity index is 3.54. The molecule has 0 saturated carbocycles. The second-order valence-corrected chi connectivity index (χ2v) is 2.56. The van der Waals surface area contributed by atoms with Gasteiger partial charge in [0.2, 0.25) is 0 Å². The SMILES string of the molecule is CCOC(=O)/C=C/NC(C)CC. The van der Waals surface area contributed by atoms with Crippen LogP contribution in [0.3, 0.4) is 0 Å². The first-order chi connectivity index (χ1) is 5.70. The predicted molar refractivity (Wildman–Crippen MR) is 48.7 cm³/mol. The fourth-order valence-corrected chi connectivity index (χ4v) is 0.589. The van der Waals surface area contributed by atoms with Crippen LogP contribution in [-0.2, 0) is 9.53 Å². The van der Waals surface area contributed by atoms with Gasteiger partial charge in [0.15, 0.2) is 0 Å². The first-order valence-corrected chi connectivity index (χ1v) is 4.30. The molecule has 0 aromatic carbocycles. The number of hydrogen-bond donors (Lipinski definition) is 1. The number of hydrogen-bond acceptors (Lipinski definition) is 3. The third-order valence-electron chi connectivity index (χ3n) is 1.50. The number of carbonyl (C=O) groups excluding carboxylic acids is 1. The summed E-state index contributed by atoms with van der Waals surface area (Å²) in [6.07, 6.45) is 4.06. The van der Waals surface area contributed by atoms with Gasteiger partial charge in [-0.15, -0.1) is 0 Å². The molecule has 0 fully saturated rings. The van der Waals surface area contributed by atoms with Gasteiger partial charge in [0.25, 0.3) is 0 Å². The maximum atomic E-state index is 10.8. The van der Waals surface area contributed by atoms with Crippen molar-refractivity contribution in [2.24, 2.45) is 0 Å². The zero-order valence-corrected chi connectivity index (χ0v) is 7.96. The van der Waals surface area contributed by atoms with Gasteiger partial charge in [-0.3, -0.25) is 0 Å². The van der Waals surface area contributed by atoms with Crippen LogP contribution in [0, 0.1) is 0 Å². The first kappa shape index (κ1) is 11.0. The zero-order valence-electron chi connectivity index (χ0n) is 7.96. The van der Waals surface area contributed by atoms with E-state index in [0.717, 1.165) is 6.42 Å². The molecule has 0 aromatic rings. The van der Waals surface area contributed by atoms with Crippen molar-refractivity contribution in [3.05, 3.63) is 12.3 Å². The lowest BCUT2D eigenvalue weighted by Crippen LogP contribution is -2.19. The summed E-state index contributed by atoms with van der Waals surface area (Å²) in [5.74, 6) is -0.298. The Hall–Kier alpha value is -0.990. The highest BCUT2D eigenvalue weighted by molar-refractivity contribution is 5.81. The number of carbonyl (C=O) groups is 1. The van der Waals surface area contributed by atoms with Crippen LogP contribution in [0.25, 0.3) is 0 Å². The van der Waals surface area contributed by atoms with Crippen molar-refractivity contribution in [1.29, 1.82) is 0 Å². The lowest BCUT2D eigenvalue weighted by molar-refractivity contribution is -0.137. The van der Waals surface area contributed by atoms with Crippen molar-refractivity contribution in [3.63, 3.8) is 0 Å². The topological polar surface area (TPSA) is 38.3 Å². The summed E-state index contributed by atoms with van der Waals surface area (Å²) in [6, 6.07) is 0.399. The Morgan fingerprint density at radius 2 is 2.25 bits per heavy atom. The fourth-order valence-electron chi connectivity index (χ4n) is 0.589. The third-order valence-corrected chi connectivity index (χ3v) is 1.50. The average molecular weight is 171 g/mol. The van der Waals surface area contributed by atoms with Gasteiger partial charge in [-0.25, -0.2) is 4.79 Å². The molecule has 3 heteroatoms. The Kier molecular flexibility index (Phi) is 6.15. The van der Waals surface area contributed by atoms with Gasteiger partial charge in [-0.1, -0.05) is 6.92 Å². The van der Waals surface area contributed by atoms with Crippen LogP contribution in [0.4, 0.5) is 0 Å². The maximum Gasteiger partial charge on any atom is 0.332 e. The van der Waals surface area contributed by atoms with Gasteiger partial charge in [-0.2, -0.15) is 0 Å². The smallest absolute Gasteiger partial charge is 0.332 e. The quantitative estimate of drug-likeness (QED) is 0.502. The summed E-state index contributed by atoms with van der Waals surface area (Å²) in [5, 5.41) is 3.04. The first-order valence-electron chi connectivity index (χ1n) is 4.30. The van der Waals surface area contributed by atoms with Gasteiger partial charge in [0.05, 0.1) is 6.61 Å². The summed E-state index contributed by atoms with van der Waals surface area (Å²) in [5.41, 5.74) is 0. The van der Waals surface area contributed by atoms with E-state index >= 15 is 0 Å². The molecule has 70 valence electrons. The highest BCUT2D eigenvalue weighted by atomic mass is 16.5. The molecule has 0 spiro atoms. The lowest BCUT2D eigenvalue weighted by Gasteiger charge is -2.06. The summed E-state index contributed by atoms with van der Waals surface area (Å²) < 4.78 is 4.69. The third kappa shape index (κ3) is 5.77. The van der Waals surface area contributed by atoms with E-state index in [2.05, 4.69) is 19.2 Å². The zero-order chi connectivity index (χ0) is 9.40. The molecular weight excluding hydrogens is 154 g/mol. The minimum absolute atomic E-state index is 0.298. The van der Waals surface area contributed by atoms with Crippen molar-refractivity contribution in [3.8, 4) is 0 Å². The standard InChI is InChI=1S/C9H17NO2/c1-4-8(3)10-7-6-9(11)12-5-2/h6-8,10H,4-5H2,1-3H3/b7-6+. The van der Waals surface area contributed by atoms with E-state index in [4.69, 9.17) is 4.74 Å². The molecule has 1 N–H and O–H groups in total. The van der Waals surface area contributed by atoms with Gasteiger partial charge in [0, 0.05) is 18.3 Å². The second kappa shape index (κ2) is 6.70. The van der Waals surface area contributed by atoms with Gasteiger partial charge in [-0.05, 0) is 20.3 Å². The molecule has 1 atom stereocenters. The van der Waals surface area contributed by atoms with E-state index in [1.54, 1.807) is 13.1 Å². The van der Waals surface area contributed by atoms with Crippen molar-refractivity contribution in [2.45, 2.75) is 33.2 Å². The maximum absolute atomic E-state index is 10.8. The van der Waals surface area contributed by atoms with E-state index in [1.807, 2.05) is 0 Å². The van der Waals surface area contributed by atoms with E-state index in [9.17, 15) is 4.79 Å². The fraction of sp³-hybridized carbons (Fsp3) is 0.667. The molecule has 0 heterocycles. The minimum Gasteiger partial charge on any atom is -0.463 e. The highest BCUT2D eigenvalue weighted by Crippen LogP contribution is 1.87. The Bertz CT molecular complexity index is 155. The van der Waals surface area contributed by atoms with Crippen molar-refractivity contribution in [2.75, 3.05) is 6.61 Å². The van der Waals surface area contributed by atoms with Crippen molar-refractivity contribution < 1.29 is 9.53 Å². The second-order valence-electron chi connectivity index (χ2n) is 2.56. The van der Waals surface area contributed by atoms with Crippen molar-refractivity contribution in [1.82, 2.24) is 5.32 Å². The molecule has 12 heavy (non-hydrogen) atoms. The van der Waals surface area contributed by atoms with E-state index in [-0.39, 0.29) is 5.97 Å². The molecule has 0 aliphatic carbocycles. The van der Waals surface area contributed by atoms with Crippen LogP contribution in [0.1, 0.15) is 27.2 Å². The number of ether oxygens (including phenoxy) is 1. The minimum atomic E-state index is -0.298. The number of esters is 1. The molecule has 0 rings (SSSR count). The molecule has 3 nitrogen and oxygen atoms in total. The van der Waals surface area contributed by atoms with E-state index < -0.39 is 0 Å². The molecule has 0 bridgehead atoms. The summed E-state index contributed by atoms with van der Waals surface area (Å²) in [7, 11) is 0. The molecule has 0 radical (unpaired) electrons. The summed E-state index contributed by atoms with van der Waals surface area (Å²) in [4.78, 5) is 10.8. The lowest BCUT2D eigenvalue weighted by atomic mass is 10.3. The molecule has 0 aromatic heterocycles. The van der Waals surface area contributed by atoms with Crippen LogP contribution in [0.2, 0.25) is 0 Å². The van der Waals surface area contributed by atoms with Crippen molar-refractivity contribution >= 4 is 5.97 Å². The Morgan fingerprint density at radius 3 is 2.75 bits per heavy atom. The largest absolute Gasteiger partial charge is 0.463 e. The molecule has 0 saturated heterocycles. The molecule has 1 unspecified atom stereocenters. The molecule has 0 amide bonds. The normalized spacial score (nSPS) is 12.9.